The molecule has 3 rings (SSSR count). The van der Waals surface area contributed by atoms with Gasteiger partial charge in [-0.1, -0.05) is 6.07 Å². The van der Waals surface area contributed by atoms with Gasteiger partial charge in [-0.3, -0.25) is 4.79 Å². The van der Waals surface area contributed by atoms with E-state index in [4.69, 9.17) is 10.00 Å². The molecule has 0 radical (unpaired) electrons. The maximum absolute atomic E-state index is 12.5. The lowest BCUT2D eigenvalue weighted by atomic mass is 10.1. The summed E-state index contributed by atoms with van der Waals surface area (Å²) < 4.78 is 5.83. The highest BCUT2D eigenvalue weighted by atomic mass is 16.5. The summed E-state index contributed by atoms with van der Waals surface area (Å²) in [6.07, 6.45) is 1.54. The predicted molar refractivity (Wildman–Crippen MR) is 87.5 cm³/mol. The number of carbonyl (C=O) groups excluding carboxylic acids is 1. The number of aryl methyl sites for hydroxylation is 1. The Morgan fingerprint density at radius 3 is 2.71 bits per heavy atom. The highest BCUT2D eigenvalue weighted by Gasteiger charge is 2.25. The number of rotatable bonds is 3. The average molecular weight is 322 g/mol. The lowest BCUT2D eigenvalue weighted by molar-refractivity contribution is 0.0586. The predicted octanol–water partition coefficient (Wildman–Crippen LogP) is 2.34. The summed E-state index contributed by atoms with van der Waals surface area (Å²) in [5.41, 5.74) is 1.90. The number of nitrogens with zero attached hydrogens (tertiary/aromatic N) is 4. The number of carbonyl (C=O) groups is 1. The van der Waals surface area contributed by atoms with E-state index in [2.05, 4.69) is 16.3 Å². The lowest BCUT2D eigenvalue weighted by Gasteiger charge is -2.32. The molecule has 1 amide bonds. The first-order valence-electron chi connectivity index (χ1n) is 7.92. The summed E-state index contributed by atoms with van der Waals surface area (Å²) >= 11 is 0. The molecule has 0 unspecified atom stereocenters. The number of benzene rings is 1. The first kappa shape index (κ1) is 15.9. The Bertz CT molecular complexity index is 759. The van der Waals surface area contributed by atoms with Crippen molar-refractivity contribution in [2.24, 2.45) is 0 Å². The molecule has 1 aromatic carbocycles. The number of amides is 1. The van der Waals surface area contributed by atoms with Gasteiger partial charge in [-0.05, 0) is 31.2 Å². The molecule has 122 valence electrons. The number of hydrogen-bond donors (Lipinski definition) is 0. The molecule has 2 aromatic rings. The van der Waals surface area contributed by atoms with E-state index in [1.807, 2.05) is 19.1 Å². The molecule has 1 aliphatic rings. The third kappa shape index (κ3) is 3.69. The van der Waals surface area contributed by atoms with Crippen LogP contribution in [0.4, 0.5) is 0 Å². The van der Waals surface area contributed by atoms with Gasteiger partial charge in [0, 0.05) is 37.6 Å². The highest BCUT2D eigenvalue weighted by Crippen LogP contribution is 2.19. The van der Waals surface area contributed by atoms with Gasteiger partial charge >= 0.3 is 0 Å². The third-order valence-electron chi connectivity index (χ3n) is 4.03. The average Bonchev–Trinajstić information content (AvgIpc) is 2.64. The van der Waals surface area contributed by atoms with Gasteiger partial charge in [0.05, 0.1) is 17.3 Å². The second kappa shape index (κ2) is 7.09. The molecule has 0 atom stereocenters. The minimum atomic E-state index is -0.0410. The minimum Gasteiger partial charge on any atom is -0.473 e. The Hall–Kier alpha value is -2.94. The Morgan fingerprint density at radius 1 is 1.25 bits per heavy atom. The van der Waals surface area contributed by atoms with Crippen LogP contribution in [0.5, 0.6) is 5.88 Å². The molecule has 1 aromatic heterocycles. The van der Waals surface area contributed by atoms with Crippen molar-refractivity contribution in [1.82, 2.24) is 15.1 Å². The molecular formula is C18H18N4O2. The smallest absolute Gasteiger partial charge is 0.253 e. The summed E-state index contributed by atoms with van der Waals surface area (Å²) in [5, 5.41) is 16.9. The van der Waals surface area contributed by atoms with Crippen molar-refractivity contribution in [2.45, 2.75) is 25.9 Å². The second-order valence-electron chi connectivity index (χ2n) is 5.81. The molecule has 6 heteroatoms. The molecule has 0 bridgehead atoms. The van der Waals surface area contributed by atoms with Gasteiger partial charge in [0.25, 0.3) is 5.91 Å². The zero-order valence-electron chi connectivity index (χ0n) is 13.5. The van der Waals surface area contributed by atoms with Crippen LogP contribution in [0.2, 0.25) is 0 Å². The van der Waals surface area contributed by atoms with Gasteiger partial charge in [0.1, 0.15) is 6.10 Å². The van der Waals surface area contributed by atoms with Crippen molar-refractivity contribution < 1.29 is 9.53 Å². The van der Waals surface area contributed by atoms with Crippen LogP contribution in [-0.4, -0.2) is 40.2 Å². The molecule has 1 aliphatic heterocycles. The quantitative estimate of drug-likeness (QED) is 0.866. The van der Waals surface area contributed by atoms with Crippen LogP contribution in [0.15, 0.2) is 36.4 Å². The van der Waals surface area contributed by atoms with Gasteiger partial charge in [0.15, 0.2) is 0 Å². The maximum atomic E-state index is 12.5. The molecule has 2 heterocycles. The van der Waals surface area contributed by atoms with E-state index in [1.54, 1.807) is 29.2 Å². The first-order valence-corrected chi connectivity index (χ1v) is 7.92. The van der Waals surface area contributed by atoms with E-state index in [-0.39, 0.29) is 12.0 Å². The van der Waals surface area contributed by atoms with E-state index in [9.17, 15) is 4.79 Å². The van der Waals surface area contributed by atoms with Crippen LogP contribution >= 0.6 is 0 Å². The molecule has 1 saturated heterocycles. The summed E-state index contributed by atoms with van der Waals surface area (Å²) in [5.74, 6) is 0.479. The topological polar surface area (TPSA) is 79.1 Å². The van der Waals surface area contributed by atoms with Crippen molar-refractivity contribution in [3.8, 4) is 11.9 Å². The number of ether oxygens (including phenoxy) is 1. The number of nitriles is 1. The minimum absolute atomic E-state index is 0.0384. The van der Waals surface area contributed by atoms with Crippen molar-refractivity contribution in [3.63, 3.8) is 0 Å². The van der Waals surface area contributed by atoms with Crippen LogP contribution in [0.3, 0.4) is 0 Å². The van der Waals surface area contributed by atoms with Crippen LogP contribution < -0.4 is 4.74 Å². The molecule has 0 saturated carbocycles. The summed E-state index contributed by atoms with van der Waals surface area (Å²) in [7, 11) is 0. The van der Waals surface area contributed by atoms with Crippen LogP contribution in [0, 0.1) is 18.3 Å². The van der Waals surface area contributed by atoms with E-state index in [1.165, 1.54) is 0 Å². The Kier molecular flexibility index (Phi) is 4.71. The molecular weight excluding hydrogens is 304 g/mol. The Balaban J connectivity index is 1.57. The fourth-order valence-corrected chi connectivity index (χ4v) is 2.70. The zero-order chi connectivity index (χ0) is 16.9. The molecule has 24 heavy (non-hydrogen) atoms. The van der Waals surface area contributed by atoms with Gasteiger partial charge in [-0.2, -0.15) is 10.4 Å². The molecule has 1 fully saturated rings. The molecule has 0 aliphatic carbocycles. The molecule has 0 spiro atoms. The van der Waals surface area contributed by atoms with E-state index >= 15 is 0 Å². The monoisotopic (exact) mass is 322 g/mol. The summed E-state index contributed by atoms with van der Waals surface area (Å²) in [6, 6.07) is 12.5. The van der Waals surface area contributed by atoms with Crippen LogP contribution in [-0.2, 0) is 0 Å². The third-order valence-corrected chi connectivity index (χ3v) is 4.03. The highest BCUT2D eigenvalue weighted by molar-refractivity contribution is 5.94. The van der Waals surface area contributed by atoms with Crippen molar-refractivity contribution in [1.29, 1.82) is 5.26 Å². The second-order valence-corrected chi connectivity index (χ2v) is 5.81. The molecule has 6 nitrogen and oxygen atoms in total. The van der Waals surface area contributed by atoms with Crippen molar-refractivity contribution in [2.75, 3.05) is 13.1 Å². The van der Waals surface area contributed by atoms with Gasteiger partial charge in [-0.15, -0.1) is 5.10 Å². The van der Waals surface area contributed by atoms with Gasteiger partial charge in [-0.25, -0.2) is 0 Å². The van der Waals surface area contributed by atoms with E-state index < -0.39 is 0 Å². The Morgan fingerprint density at radius 2 is 2.04 bits per heavy atom. The fourth-order valence-electron chi connectivity index (χ4n) is 2.70. The van der Waals surface area contributed by atoms with Crippen LogP contribution in [0.1, 0.15) is 34.5 Å². The fraction of sp³-hybridized carbons (Fsp3) is 0.333. The summed E-state index contributed by atoms with van der Waals surface area (Å²) in [6.45, 7) is 3.13. The van der Waals surface area contributed by atoms with Crippen molar-refractivity contribution >= 4 is 5.91 Å². The first-order chi connectivity index (χ1) is 11.7. The lowest BCUT2D eigenvalue weighted by Crippen LogP contribution is -2.41. The normalized spacial score (nSPS) is 14.9. The standard InChI is InChI=1S/C18H18N4O2/c1-13-5-6-17(21-20-13)24-16-7-9-22(10-8-16)18(23)15-4-2-3-14(11-15)12-19/h2-6,11,16H,7-10H2,1H3. The Labute approximate surface area is 140 Å². The number of likely N-dealkylation sites (tertiary alicyclic amines) is 1. The van der Waals surface area contributed by atoms with Crippen LogP contribution in [0.25, 0.3) is 0 Å². The SMILES string of the molecule is Cc1ccc(OC2CCN(C(=O)c3cccc(C#N)c3)CC2)nn1. The maximum Gasteiger partial charge on any atom is 0.253 e. The number of hydrogen-bond acceptors (Lipinski definition) is 5. The number of aromatic nitrogens is 2. The van der Waals surface area contributed by atoms with Crippen molar-refractivity contribution in [3.05, 3.63) is 53.2 Å². The largest absolute Gasteiger partial charge is 0.473 e. The number of piperidine rings is 1. The van der Waals surface area contributed by atoms with Gasteiger partial charge < -0.3 is 9.64 Å². The van der Waals surface area contributed by atoms with E-state index in [0.717, 1.165) is 18.5 Å². The van der Waals surface area contributed by atoms with Gasteiger partial charge in [0.2, 0.25) is 5.88 Å². The summed E-state index contributed by atoms with van der Waals surface area (Å²) in [4.78, 5) is 14.3. The van der Waals surface area contributed by atoms with E-state index in [0.29, 0.717) is 30.1 Å². The zero-order valence-corrected chi connectivity index (χ0v) is 13.5. The molecule has 0 N–H and O–H groups in total.